The van der Waals surface area contributed by atoms with E-state index in [1.807, 2.05) is 0 Å². The lowest BCUT2D eigenvalue weighted by atomic mass is 9.77. The Hall–Kier alpha value is 0.140. The predicted octanol–water partition coefficient (Wildman–Crippen LogP) is 3.33. The second-order valence-electron chi connectivity index (χ2n) is 4.28. The molecule has 1 unspecified atom stereocenters. The highest BCUT2D eigenvalue weighted by molar-refractivity contribution is 14.1. The number of ketones is 1. The van der Waals surface area contributed by atoms with Crippen LogP contribution in [0.2, 0.25) is 0 Å². The van der Waals surface area contributed by atoms with E-state index >= 15 is 0 Å². The van der Waals surface area contributed by atoms with Crippen LogP contribution < -0.4 is 0 Å². The summed E-state index contributed by atoms with van der Waals surface area (Å²) in [5.41, 5.74) is 0. The molecule has 0 aromatic rings. The first kappa shape index (κ1) is 9.69. The maximum absolute atomic E-state index is 11.7. The van der Waals surface area contributed by atoms with E-state index in [0.29, 0.717) is 23.5 Å². The zero-order valence-electron chi connectivity index (χ0n) is 7.76. The fourth-order valence-electron chi connectivity index (χ4n) is 2.95. The number of allylic oxidation sites excluding steroid dienone is 1. The molecule has 2 aliphatic carbocycles. The third kappa shape index (κ3) is 1.69. The molecule has 0 saturated heterocycles. The minimum absolute atomic E-state index is 0.346. The monoisotopic (exact) mass is 290 g/mol. The molecule has 0 radical (unpaired) electrons. The van der Waals surface area contributed by atoms with Gasteiger partial charge in [0, 0.05) is 12.3 Å². The van der Waals surface area contributed by atoms with Gasteiger partial charge in [-0.1, -0.05) is 6.58 Å². The van der Waals surface area contributed by atoms with Crippen LogP contribution in [0.5, 0.6) is 0 Å². The summed E-state index contributed by atoms with van der Waals surface area (Å²) in [6, 6.07) is 0. The Morgan fingerprint density at radius 1 is 1.38 bits per heavy atom. The third-order valence-electron chi connectivity index (χ3n) is 3.56. The normalized spacial score (nSPS) is 38.8. The van der Waals surface area contributed by atoms with Gasteiger partial charge in [-0.3, -0.25) is 4.79 Å². The van der Waals surface area contributed by atoms with E-state index in [9.17, 15) is 4.79 Å². The second kappa shape index (κ2) is 3.71. The van der Waals surface area contributed by atoms with Gasteiger partial charge in [-0.2, -0.15) is 0 Å². The number of carbonyl (C=O) groups is 1. The number of rotatable bonds is 1. The van der Waals surface area contributed by atoms with Crippen molar-refractivity contribution in [2.75, 3.05) is 0 Å². The van der Waals surface area contributed by atoms with E-state index in [0.717, 1.165) is 12.8 Å². The Bertz CT molecular complexity index is 246. The van der Waals surface area contributed by atoms with Crippen LogP contribution in [0.1, 0.15) is 32.1 Å². The zero-order valence-corrected chi connectivity index (χ0v) is 9.92. The molecule has 2 saturated carbocycles. The highest BCUT2D eigenvalue weighted by Gasteiger charge is 2.42. The largest absolute Gasteiger partial charge is 0.299 e. The van der Waals surface area contributed by atoms with Gasteiger partial charge in [0.1, 0.15) is 5.78 Å². The van der Waals surface area contributed by atoms with Crippen molar-refractivity contribution < 1.29 is 4.79 Å². The molecule has 0 aromatic heterocycles. The number of hydrogen-bond acceptors (Lipinski definition) is 1. The van der Waals surface area contributed by atoms with Gasteiger partial charge in [0.25, 0.3) is 0 Å². The molecule has 2 rings (SSSR count). The van der Waals surface area contributed by atoms with Gasteiger partial charge in [0.05, 0.1) is 0 Å². The summed E-state index contributed by atoms with van der Waals surface area (Å²) in [7, 11) is 0. The molecule has 0 bridgehead atoms. The highest BCUT2D eigenvalue weighted by atomic mass is 127. The topological polar surface area (TPSA) is 17.1 Å². The van der Waals surface area contributed by atoms with Crippen molar-refractivity contribution in [3.8, 4) is 0 Å². The van der Waals surface area contributed by atoms with Gasteiger partial charge >= 0.3 is 0 Å². The minimum Gasteiger partial charge on any atom is -0.299 e. The first-order valence-corrected chi connectivity index (χ1v) is 6.15. The van der Waals surface area contributed by atoms with E-state index in [1.54, 1.807) is 0 Å². The Morgan fingerprint density at radius 3 is 2.85 bits per heavy atom. The first-order chi connectivity index (χ1) is 6.20. The van der Waals surface area contributed by atoms with Crippen LogP contribution in [0.25, 0.3) is 0 Å². The van der Waals surface area contributed by atoms with E-state index in [-0.39, 0.29) is 0 Å². The average Bonchev–Trinajstić information content (AvgIpc) is 2.49. The summed E-state index contributed by atoms with van der Waals surface area (Å²) < 4.78 is 1.19. The molecular weight excluding hydrogens is 275 g/mol. The summed E-state index contributed by atoms with van der Waals surface area (Å²) in [5, 5.41) is 0. The van der Waals surface area contributed by atoms with Crippen LogP contribution in [-0.2, 0) is 4.79 Å². The minimum atomic E-state index is 0.346. The number of fused-ring (bicyclic) bond motifs is 1. The third-order valence-corrected chi connectivity index (χ3v) is 4.36. The van der Waals surface area contributed by atoms with Gasteiger partial charge in [-0.05, 0) is 63.7 Å². The maximum Gasteiger partial charge on any atom is 0.136 e. The molecule has 2 aliphatic rings. The number of hydrogen-bond donors (Lipinski definition) is 0. The zero-order chi connectivity index (χ0) is 9.42. The van der Waals surface area contributed by atoms with Crippen molar-refractivity contribution in [2.45, 2.75) is 32.1 Å². The SMILES string of the molecule is C=C(I)C1CC[C@@H]2CCCC(=O)[C@H]12. The van der Waals surface area contributed by atoms with Crippen molar-refractivity contribution >= 4 is 28.4 Å². The van der Waals surface area contributed by atoms with E-state index in [1.165, 1.54) is 22.8 Å². The molecule has 2 heteroatoms. The van der Waals surface area contributed by atoms with Crippen molar-refractivity contribution in [1.82, 2.24) is 0 Å². The molecule has 0 amide bonds. The molecule has 1 nitrogen and oxygen atoms in total. The lowest BCUT2D eigenvalue weighted by Crippen LogP contribution is -2.28. The van der Waals surface area contributed by atoms with Gasteiger partial charge in [0.15, 0.2) is 0 Å². The molecule has 0 aromatic carbocycles. The Balaban J connectivity index is 2.18. The van der Waals surface area contributed by atoms with E-state index < -0.39 is 0 Å². The Labute approximate surface area is 93.1 Å². The highest BCUT2D eigenvalue weighted by Crippen LogP contribution is 2.47. The average molecular weight is 290 g/mol. The molecule has 13 heavy (non-hydrogen) atoms. The van der Waals surface area contributed by atoms with Crippen LogP contribution in [0.3, 0.4) is 0 Å². The van der Waals surface area contributed by atoms with Crippen LogP contribution in [0.4, 0.5) is 0 Å². The number of Topliss-reactive ketones (excluding diaryl/α,β-unsaturated/α-hetero) is 1. The molecule has 0 N–H and O–H groups in total. The summed E-state index contributed by atoms with van der Waals surface area (Å²) in [6.45, 7) is 4.00. The summed E-state index contributed by atoms with van der Waals surface area (Å²) in [6.07, 6.45) is 5.67. The summed E-state index contributed by atoms with van der Waals surface area (Å²) in [5.74, 6) is 2.05. The van der Waals surface area contributed by atoms with Crippen LogP contribution in [-0.4, -0.2) is 5.78 Å². The smallest absolute Gasteiger partial charge is 0.136 e. The molecular formula is C11H15IO. The van der Waals surface area contributed by atoms with Crippen molar-refractivity contribution in [3.63, 3.8) is 0 Å². The van der Waals surface area contributed by atoms with Gasteiger partial charge < -0.3 is 0 Å². The molecule has 0 heterocycles. The van der Waals surface area contributed by atoms with Gasteiger partial charge in [-0.25, -0.2) is 0 Å². The first-order valence-electron chi connectivity index (χ1n) is 5.07. The predicted molar refractivity (Wildman–Crippen MR) is 61.7 cm³/mol. The molecule has 72 valence electrons. The van der Waals surface area contributed by atoms with Gasteiger partial charge in [-0.15, -0.1) is 0 Å². The second-order valence-corrected chi connectivity index (χ2v) is 5.66. The maximum atomic E-state index is 11.7. The summed E-state index contributed by atoms with van der Waals surface area (Å²) in [4.78, 5) is 11.7. The van der Waals surface area contributed by atoms with Crippen molar-refractivity contribution in [2.24, 2.45) is 17.8 Å². The molecule has 0 aliphatic heterocycles. The Kier molecular flexibility index (Phi) is 2.77. The summed E-state index contributed by atoms with van der Waals surface area (Å²) >= 11 is 2.30. The standard InChI is InChI=1S/C11H15IO/c1-7(12)9-6-5-8-3-2-4-10(13)11(8)9/h8-9,11H,1-6H2/t8-,9?,11-/m0/s1. The molecule has 0 spiro atoms. The fraction of sp³-hybridized carbons (Fsp3) is 0.727. The van der Waals surface area contributed by atoms with Crippen molar-refractivity contribution in [1.29, 1.82) is 0 Å². The van der Waals surface area contributed by atoms with Crippen LogP contribution >= 0.6 is 22.6 Å². The van der Waals surface area contributed by atoms with Crippen LogP contribution in [0.15, 0.2) is 10.2 Å². The Morgan fingerprint density at radius 2 is 2.15 bits per heavy atom. The van der Waals surface area contributed by atoms with Gasteiger partial charge in [0.2, 0.25) is 0 Å². The molecule has 2 fully saturated rings. The van der Waals surface area contributed by atoms with Crippen molar-refractivity contribution in [3.05, 3.63) is 10.2 Å². The van der Waals surface area contributed by atoms with E-state index in [2.05, 4.69) is 29.2 Å². The molecule has 3 atom stereocenters. The lowest BCUT2D eigenvalue weighted by molar-refractivity contribution is -0.126. The van der Waals surface area contributed by atoms with E-state index in [4.69, 9.17) is 0 Å². The quantitative estimate of drug-likeness (QED) is 0.677. The number of halogens is 1. The fourth-order valence-corrected chi connectivity index (χ4v) is 3.65. The lowest BCUT2D eigenvalue weighted by Gasteiger charge is -2.27. The number of carbonyl (C=O) groups excluding carboxylic acids is 1. The van der Waals surface area contributed by atoms with Crippen LogP contribution in [0, 0.1) is 17.8 Å².